The number of hydrogen-bond donors (Lipinski definition) is 0. The number of aromatic nitrogens is 1. The molecule has 0 bridgehead atoms. The predicted octanol–water partition coefficient (Wildman–Crippen LogP) is 3.45. The Balaban J connectivity index is 2.15. The van der Waals surface area contributed by atoms with Gasteiger partial charge in [-0.25, -0.2) is 4.98 Å². The molecule has 1 aromatic heterocycles. The molecule has 0 aliphatic heterocycles. The summed E-state index contributed by atoms with van der Waals surface area (Å²) in [4.78, 5) is 4.28. The summed E-state index contributed by atoms with van der Waals surface area (Å²) < 4.78 is 0.687. The maximum atomic E-state index is 5.75. The number of thiazole rings is 1. The van der Waals surface area contributed by atoms with Crippen molar-refractivity contribution in [3.05, 3.63) is 15.5 Å². The number of hydrogen-bond acceptors (Lipinski definition) is 2. The van der Waals surface area contributed by atoms with Crippen LogP contribution in [0.15, 0.2) is 5.38 Å². The molecule has 1 heterocycles. The van der Waals surface area contributed by atoms with E-state index < -0.39 is 0 Å². The summed E-state index contributed by atoms with van der Waals surface area (Å²) in [6.07, 6.45) is 5.33. The molecule has 1 fully saturated rings. The molecule has 1 saturated carbocycles. The quantitative estimate of drug-likeness (QED) is 0.656. The van der Waals surface area contributed by atoms with Crippen molar-refractivity contribution < 1.29 is 0 Å². The Labute approximate surface area is 75.4 Å². The van der Waals surface area contributed by atoms with E-state index in [9.17, 15) is 0 Å². The van der Waals surface area contributed by atoms with Crippen molar-refractivity contribution in [2.45, 2.75) is 31.6 Å². The van der Waals surface area contributed by atoms with E-state index in [-0.39, 0.29) is 0 Å². The van der Waals surface area contributed by atoms with Gasteiger partial charge in [-0.2, -0.15) is 0 Å². The Morgan fingerprint density at radius 3 is 2.73 bits per heavy atom. The van der Waals surface area contributed by atoms with Crippen LogP contribution in [0.25, 0.3) is 0 Å². The fraction of sp³-hybridized carbons (Fsp3) is 0.625. The van der Waals surface area contributed by atoms with Gasteiger partial charge in [0.15, 0.2) is 4.47 Å². The second-order valence-electron chi connectivity index (χ2n) is 3.01. The van der Waals surface area contributed by atoms with Gasteiger partial charge in [0.1, 0.15) is 0 Å². The molecule has 0 atom stereocenters. The second-order valence-corrected chi connectivity index (χ2v) is 4.45. The Morgan fingerprint density at radius 2 is 2.18 bits per heavy atom. The van der Waals surface area contributed by atoms with E-state index in [1.54, 1.807) is 11.3 Å². The van der Waals surface area contributed by atoms with Crippen molar-refractivity contribution >= 4 is 22.9 Å². The molecule has 1 aliphatic rings. The summed E-state index contributed by atoms with van der Waals surface area (Å²) in [6, 6.07) is 0. The van der Waals surface area contributed by atoms with E-state index in [0.29, 0.717) is 10.4 Å². The first kappa shape index (κ1) is 7.56. The molecule has 0 unspecified atom stereocenters. The second kappa shape index (κ2) is 3.11. The number of rotatable bonds is 1. The molecule has 0 spiro atoms. The van der Waals surface area contributed by atoms with Gasteiger partial charge in [-0.3, -0.25) is 0 Å². The highest BCUT2D eigenvalue weighted by atomic mass is 35.5. The zero-order chi connectivity index (χ0) is 7.68. The molecule has 1 aliphatic carbocycles. The van der Waals surface area contributed by atoms with Crippen molar-refractivity contribution in [2.24, 2.45) is 0 Å². The lowest BCUT2D eigenvalue weighted by atomic mass is 10.1. The van der Waals surface area contributed by atoms with Crippen LogP contribution < -0.4 is 0 Å². The fourth-order valence-corrected chi connectivity index (χ4v) is 2.52. The summed E-state index contributed by atoms with van der Waals surface area (Å²) in [7, 11) is 0. The Kier molecular flexibility index (Phi) is 2.14. The monoisotopic (exact) mass is 187 g/mol. The van der Waals surface area contributed by atoms with Crippen LogP contribution in [0.1, 0.15) is 37.3 Å². The van der Waals surface area contributed by atoms with Crippen molar-refractivity contribution in [3.8, 4) is 0 Å². The maximum absolute atomic E-state index is 5.75. The standard InChI is InChI=1S/C8H10ClNS/c9-8-10-7(5-11-8)6-3-1-2-4-6/h5-6H,1-4H2. The van der Waals surface area contributed by atoms with E-state index in [2.05, 4.69) is 10.4 Å². The first-order valence-corrected chi connectivity index (χ1v) is 5.23. The van der Waals surface area contributed by atoms with Crippen LogP contribution in [0, 0.1) is 0 Å². The highest BCUT2D eigenvalue weighted by Crippen LogP contribution is 2.35. The average Bonchev–Trinajstić information content (AvgIpc) is 2.55. The van der Waals surface area contributed by atoms with Crippen LogP contribution in [-0.4, -0.2) is 4.98 Å². The highest BCUT2D eigenvalue weighted by molar-refractivity contribution is 7.13. The molecule has 1 aromatic rings. The molecule has 0 aromatic carbocycles. The largest absolute Gasteiger partial charge is 0.230 e. The number of halogens is 1. The van der Waals surface area contributed by atoms with Gasteiger partial charge in [0.05, 0.1) is 5.69 Å². The summed E-state index contributed by atoms with van der Waals surface area (Å²) in [5.41, 5.74) is 1.22. The van der Waals surface area contributed by atoms with Gasteiger partial charge >= 0.3 is 0 Å². The topological polar surface area (TPSA) is 12.9 Å². The van der Waals surface area contributed by atoms with E-state index in [0.717, 1.165) is 0 Å². The minimum Gasteiger partial charge on any atom is -0.230 e. The van der Waals surface area contributed by atoms with Gasteiger partial charge in [-0.05, 0) is 12.8 Å². The lowest BCUT2D eigenvalue weighted by Gasteiger charge is -2.02. The Bertz CT molecular complexity index is 240. The third-order valence-electron chi connectivity index (χ3n) is 2.27. The van der Waals surface area contributed by atoms with Crippen molar-refractivity contribution in [3.63, 3.8) is 0 Å². The first-order valence-electron chi connectivity index (χ1n) is 3.97. The molecule has 60 valence electrons. The zero-order valence-corrected chi connectivity index (χ0v) is 7.79. The van der Waals surface area contributed by atoms with Gasteiger partial charge in [0.25, 0.3) is 0 Å². The summed E-state index contributed by atoms with van der Waals surface area (Å²) in [6.45, 7) is 0. The van der Waals surface area contributed by atoms with Gasteiger partial charge in [-0.1, -0.05) is 24.4 Å². The Morgan fingerprint density at radius 1 is 1.45 bits per heavy atom. The molecule has 1 nitrogen and oxygen atoms in total. The Hall–Kier alpha value is -0.0800. The van der Waals surface area contributed by atoms with Gasteiger partial charge < -0.3 is 0 Å². The van der Waals surface area contributed by atoms with E-state index >= 15 is 0 Å². The first-order chi connectivity index (χ1) is 5.36. The highest BCUT2D eigenvalue weighted by Gasteiger charge is 2.18. The predicted molar refractivity (Wildman–Crippen MR) is 48.3 cm³/mol. The average molecular weight is 188 g/mol. The van der Waals surface area contributed by atoms with Crippen LogP contribution in [-0.2, 0) is 0 Å². The summed E-state index contributed by atoms with van der Waals surface area (Å²) in [5, 5.41) is 2.10. The van der Waals surface area contributed by atoms with E-state index in [4.69, 9.17) is 11.6 Å². The normalized spacial score (nSPS) is 19.4. The van der Waals surface area contributed by atoms with Crippen LogP contribution in [0.5, 0.6) is 0 Å². The van der Waals surface area contributed by atoms with Crippen molar-refractivity contribution in [1.29, 1.82) is 0 Å². The third kappa shape index (κ3) is 1.57. The minimum atomic E-state index is 0.687. The summed E-state index contributed by atoms with van der Waals surface area (Å²) >= 11 is 7.29. The lowest BCUT2D eigenvalue weighted by molar-refractivity contribution is 0.703. The number of nitrogens with zero attached hydrogens (tertiary/aromatic N) is 1. The molecule has 0 amide bonds. The summed E-state index contributed by atoms with van der Waals surface area (Å²) in [5.74, 6) is 0.707. The SMILES string of the molecule is Clc1nc(C2CCCC2)cs1. The molecule has 0 radical (unpaired) electrons. The smallest absolute Gasteiger partial charge is 0.183 e. The van der Waals surface area contributed by atoms with Crippen molar-refractivity contribution in [1.82, 2.24) is 4.98 Å². The molecule has 3 heteroatoms. The molecule has 0 N–H and O–H groups in total. The lowest BCUT2D eigenvalue weighted by Crippen LogP contribution is -1.90. The third-order valence-corrected chi connectivity index (χ3v) is 3.26. The molecule has 2 rings (SSSR count). The van der Waals surface area contributed by atoms with Gasteiger partial charge in [-0.15, -0.1) is 11.3 Å². The molecule has 0 saturated heterocycles. The van der Waals surface area contributed by atoms with Crippen LogP contribution in [0.2, 0.25) is 4.47 Å². The van der Waals surface area contributed by atoms with Gasteiger partial charge in [0.2, 0.25) is 0 Å². The van der Waals surface area contributed by atoms with Crippen molar-refractivity contribution in [2.75, 3.05) is 0 Å². The minimum absolute atomic E-state index is 0.687. The van der Waals surface area contributed by atoms with E-state index in [1.807, 2.05) is 0 Å². The molecular formula is C8H10ClNS. The molecular weight excluding hydrogens is 178 g/mol. The van der Waals surface area contributed by atoms with Crippen LogP contribution in [0.4, 0.5) is 0 Å². The fourth-order valence-electron chi connectivity index (χ4n) is 1.67. The van der Waals surface area contributed by atoms with Gasteiger partial charge in [0, 0.05) is 11.3 Å². The molecule has 11 heavy (non-hydrogen) atoms. The zero-order valence-electron chi connectivity index (χ0n) is 6.22. The van der Waals surface area contributed by atoms with Crippen LogP contribution >= 0.6 is 22.9 Å². The maximum Gasteiger partial charge on any atom is 0.183 e. The van der Waals surface area contributed by atoms with Crippen LogP contribution in [0.3, 0.4) is 0 Å². The van der Waals surface area contributed by atoms with E-state index in [1.165, 1.54) is 31.4 Å².